The van der Waals surface area contributed by atoms with Crippen molar-refractivity contribution in [2.45, 2.75) is 25.7 Å². The number of rotatable bonds is 10. The van der Waals surface area contributed by atoms with Crippen molar-refractivity contribution in [3.8, 4) is 5.75 Å². The molecule has 0 bridgehead atoms. The first-order valence-electron chi connectivity index (χ1n) is 10.8. The van der Waals surface area contributed by atoms with Gasteiger partial charge in [-0.2, -0.15) is 0 Å². The number of para-hydroxylation sites is 1. The van der Waals surface area contributed by atoms with Crippen molar-refractivity contribution < 1.29 is 4.74 Å². The van der Waals surface area contributed by atoms with Crippen molar-refractivity contribution in [3.05, 3.63) is 99.5 Å². The van der Waals surface area contributed by atoms with E-state index in [1.807, 2.05) is 42.5 Å². The van der Waals surface area contributed by atoms with Gasteiger partial charge >= 0.3 is 0 Å². The Morgan fingerprint density at radius 2 is 1.75 bits per heavy atom. The van der Waals surface area contributed by atoms with Crippen molar-refractivity contribution in [2.24, 2.45) is 0 Å². The van der Waals surface area contributed by atoms with E-state index in [0.29, 0.717) is 28.9 Å². The van der Waals surface area contributed by atoms with Crippen molar-refractivity contribution in [2.75, 3.05) is 18.4 Å². The van der Waals surface area contributed by atoms with E-state index < -0.39 is 0 Å². The average Bonchev–Trinajstić information content (AvgIpc) is 2.81. The quantitative estimate of drug-likeness (QED) is 0.315. The van der Waals surface area contributed by atoms with Gasteiger partial charge < -0.3 is 15.4 Å². The average molecular weight is 468 g/mol. The highest BCUT2D eigenvalue weighted by molar-refractivity contribution is 6.35. The summed E-state index contributed by atoms with van der Waals surface area (Å²) in [6.07, 6.45) is 5.44. The van der Waals surface area contributed by atoms with Gasteiger partial charge in [0.1, 0.15) is 12.4 Å². The molecule has 0 aromatic heterocycles. The fourth-order valence-electron chi connectivity index (χ4n) is 3.64. The van der Waals surface area contributed by atoms with E-state index in [1.165, 1.54) is 5.56 Å². The number of hydrogen-bond donors (Lipinski definition) is 3. The van der Waals surface area contributed by atoms with Gasteiger partial charge in [0.15, 0.2) is 0 Å². The van der Waals surface area contributed by atoms with Crippen LogP contribution in [-0.2, 0) is 13.2 Å². The van der Waals surface area contributed by atoms with Gasteiger partial charge in [-0.15, -0.1) is 0 Å². The topological polar surface area (TPSA) is 45.3 Å². The van der Waals surface area contributed by atoms with Gasteiger partial charge in [-0.05, 0) is 54.9 Å². The summed E-state index contributed by atoms with van der Waals surface area (Å²) in [6.45, 7) is 2.86. The second-order valence-corrected chi connectivity index (χ2v) is 8.55. The van der Waals surface area contributed by atoms with Crippen LogP contribution in [0.25, 0.3) is 6.08 Å². The first-order valence-corrected chi connectivity index (χ1v) is 11.6. The van der Waals surface area contributed by atoms with Crippen molar-refractivity contribution >= 4 is 35.0 Å². The zero-order valence-corrected chi connectivity index (χ0v) is 19.3. The number of nitrogens with one attached hydrogen (secondary N) is 3. The fourth-order valence-corrected chi connectivity index (χ4v) is 4.23. The standard InChI is InChI=1S/C26H27Cl2N3O/c27-22-15-21(26(23(28)16-22)32-18-19-7-2-1-3-8-19)17-29-13-6-14-30-25-12-11-20-9-4-5-10-24(20)31-25/h1-5,7-12,15-16,25,29-31H,6,13-14,17-18H2. The molecule has 3 aromatic rings. The van der Waals surface area contributed by atoms with E-state index in [2.05, 4.69) is 46.3 Å². The fraction of sp³-hybridized carbons (Fsp3) is 0.231. The monoisotopic (exact) mass is 467 g/mol. The first-order chi connectivity index (χ1) is 15.7. The van der Waals surface area contributed by atoms with Gasteiger partial charge in [0.25, 0.3) is 0 Å². The van der Waals surface area contributed by atoms with E-state index >= 15 is 0 Å². The van der Waals surface area contributed by atoms with Crippen LogP contribution < -0.4 is 20.7 Å². The van der Waals surface area contributed by atoms with Crippen molar-refractivity contribution in [1.29, 1.82) is 0 Å². The molecule has 4 rings (SSSR count). The van der Waals surface area contributed by atoms with E-state index in [4.69, 9.17) is 27.9 Å². The molecule has 166 valence electrons. The maximum Gasteiger partial charge on any atom is 0.142 e. The Hall–Kier alpha value is -2.50. The highest BCUT2D eigenvalue weighted by Gasteiger charge is 2.12. The van der Waals surface area contributed by atoms with Gasteiger partial charge in [0, 0.05) is 22.8 Å². The highest BCUT2D eigenvalue weighted by Crippen LogP contribution is 2.33. The summed E-state index contributed by atoms with van der Waals surface area (Å²) < 4.78 is 6.04. The van der Waals surface area contributed by atoms with Crippen LogP contribution in [-0.4, -0.2) is 19.3 Å². The Labute approximate surface area is 199 Å². The molecule has 0 amide bonds. The zero-order chi connectivity index (χ0) is 22.2. The van der Waals surface area contributed by atoms with Crippen LogP contribution in [0.3, 0.4) is 0 Å². The van der Waals surface area contributed by atoms with Gasteiger partial charge in [0.05, 0.1) is 11.2 Å². The van der Waals surface area contributed by atoms with E-state index in [0.717, 1.165) is 36.3 Å². The third-order valence-corrected chi connectivity index (χ3v) is 5.76. The Bertz CT molecular complexity index is 1060. The maximum atomic E-state index is 6.42. The number of fused-ring (bicyclic) bond motifs is 1. The molecule has 0 aliphatic carbocycles. The lowest BCUT2D eigenvalue weighted by Crippen LogP contribution is -2.37. The van der Waals surface area contributed by atoms with Crippen LogP contribution in [0.2, 0.25) is 10.0 Å². The summed E-state index contributed by atoms with van der Waals surface area (Å²) in [6, 6.07) is 22.0. The minimum Gasteiger partial charge on any atom is -0.487 e. The molecular weight excluding hydrogens is 441 g/mol. The van der Waals surface area contributed by atoms with Gasteiger partial charge in [-0.3, -0.25) is 5.32 Å². The number of halogens is 2. The predicted octanol–water partition coefficient (Wildman–Crippen LogP) is 6.11. The molecule has 32 heavy (non-hydrogen) atoms. The maximum absolute atomic E-state index is 6.42. The Balaban J connectivity index is 1.22. The molecule has 0 radical (unpaired) electrons. The lowest BCUT2D eigenvalue weighted by Gasteiger charge is -2.23. The first kappa shape index (κ1) is 22.7. The Morgan fingerprint density at radius 1 is 0.938 bits per heavy atom. The number of ether oxygens (including phenoxy) is 1. The molecule has 3 N–H and O–H groups in total. The van der Waals surface area contributed by atoms with Crippen LogP contribution >= 0.6 is 23.2 Å². The Morgan fingerprint density at radius 3 is 2.62 bits per heavy atom. The molecule has 0 saturated carbocycles. The third-order valence-electron chi connectivity index (χ3n) is 5.26. The minimum atomic E-state index is 0.148. The van der Waals surface area contributed by atoms with Crippen LogP contribution in [0.5, 0.6) is 5.75 Å². The number of anilines is 1. The molecule has 1 unspecified atom stereocenters. The molecule has 1 atom stereocenters. The van der Waals surface area contributed by atoms with E-state index in [-0.39, 0.29) is 6.17 Å². The summed E-state index contributed by atoms with van der Waals surface area (Å²) in [4.78, 5) is 0. The molecule has 6 heteroatoms. The van der Waals surface area contributed by atoms with E-state index in [1.54, 1.807) is 6.07 Å². The van der Waals surface area contributed by atoms with Gasteiger partial charge in [0.2, 0.25) is 0 Å². The second-order valence-electron chi connectivity index (χ2n) is 7.70. The highest BCUT2D eigenvalue weighted by atomic mass is 35.5. The van der Waals surface area contributed by atoms with E-state index in [9.17, 15) is 0 Å². The number of hydrogen-bond acceptors (Lipinski definition) is 4. The van der Waals surface area contributed by atoms with Crippen molar-refractivity contribution in [1.82, 2.24) is 10.6 Å². The molecule has 0 spiro atoms. The largest absolute Gasteiger partial charge is 0.487 e. The number of benzene rings is 3. The molecule has 4 nitrogen and oxygen atoms in total. The second kappa shape index (κ2) is 11.4. The smallest absolute Gasteiger partial charge is 0.142 e. The van der Waals surface area contributed by atoms with Gasteiger partial charge in [-0.1, -0.05) is 77.8 Å². The summed E-state index contributed by atoms with van der Waals surface area (Å²) in [5, 5.41) is 11.6. The minimum absolute atomic E-state index is 0.148. The Kier molecular flexibility index (Phi) is 8.07. The SMILES string of the molecule is Clc1cc(Cl)c(OCc2ccccc2)c(CNCCCNC2C=Cc3ccccc3N2)c1. The molecule has 3 aromatic carbocycles. The summed E-state index contributed by atoms with van der Waals surface area (Å²) >= 11 is 12.7. The molecule has 1 aliphatic rings. The summed E-state index contributed by atoms with van der Waals surface area (Å²) in [5.41, 5.74) is 4.43. The van der Waals surface area contributed by atoms with Crippen LogP contribution in [0.15, 0.2) is 72.8 Å². The zero-order valence-electron chi connectivity index (χ0n) is 17.8. The lowest BCUT2D eigenvalue weighted by atomic mass is 10.1. The predicted molar refractivity (Wildman–Crippen MR) is 134 cm³/mol. The molecule has 0 saturated heterocycles. The molecule has 1 aliphatic heterocycles. The summed E-state index contributed by atoms with van der Waals surface area (Å²) in [5.74, 6) is 0.681. The molecular formula is C26H27Cl2N3O. The van der Waals surface area contributed by atoms with Crippen LogP contribution in [0.1, 0.15) is 23.1 Å². The summed E-state index contributed by atoms with van der Waals surface area (Å²) in [7, 11) is 0. The van der Waals surface area contributed by atoms with Crippen molar-refractivity contribution in [3.63, 3.8) is 0 Å². The van der Waals surface area contributed by atoms with Crippen LogP contribution in [0, 0.1) is 0 Å². The normalized spacial score (nSPS) is 14.6. The van der Waals surface area contributed by atoms with Gasteiger partial charge in [-0.25, -0.2) is 0 Å². The van der Waals surface area contributed by atoms with Crippen LogP contribution in [0.4, 0.5) is 5.69 Å². The third kappa shape index (κ3) is 6.27. The molecule has 0 fully saturated rings. The lowest BCUT2D eigenvalue weighted by molar-refractivity contribution is 0.302. The molecule has 1 heterocycles.